The van der Waals surface area contributed by atoms with E-state index in [9.17, 15) is 9.18 Å². The van der Waals surface area contributed by atoms with Crippen LogP contribution in [0, 0.1) is 12.7 Å². The predicted molar refractivity (Wildman–Crippen MR) is 145 cm³/mol. The number of hydrogen-bond donors (Lipinski definition) is 4. The largest absolute Gasteiger partial charge is 0.481 e. The fraction of sp³-hybridized carbons (Fsp3) is 0.286. The SMILES string of the molecule is CC(=O)O.Cc1cccc(F)c1Nc1ccc2c(NC(=O)c3ccc(C4CCN(C)CC4)cc3)n[nH]c2n1. The molecule has 2 aromatic carbocycles. The van der Waals surface area contributed by atoms with Gasteiger partial charge in [0.1, 0.15) is 11.6 Å². The number of benzene rings is 2. The number of nitrogens with zero attached hydrogens (tertiary/aromatic N) is 3. The summed E-state index contributed by atoms with van der Waals surface area (Å²) < 4.78 is 14.1. The average molecular weight is 519 g/mol. The van der Waals surface area contributed by atoms with E-state index in [0.717, 1.165) is 38.4 Å². The highest BCUT2D eigenvalue weighted by molar-refractivity contribution is 6.07. The first kappa shape index (κ1) is 26.7. The zero-order valence-corrected chi connectivity index (χ0v) is 21.6. The number of aromatic nitrogens is 3. The molecule has 0 aliphatic carbocycles. The number of para-hydroxylation sites is 1. The minimum absolute atomic E-state index is 0.229. The van der Waals surface area contributed by atoms with Crippen LogP contribution in [0.25, 0.3) is 11.0 Å². The van der Waals surface area contributed by atoms with Gasteiger partial charge in [0.15, 0.2) is 11.5 Å². The van der Waals surface area contributed by atoms with E-state index < -0.39 is 5.97 Å². The van der Waals surface area contributed by atoms with Gasteiger partial charge in [0.05, 0.1) is 11.1 Å². The number of aryl methyl sites for hydroxylation is 1. The Hall–Kier alpha value is -4.31. The van der Waals surface area contributed by atoms with E-state index in [-0.39, 0.29) is 11.7 Å². The van der Waals surface area contributed by atoms with Crippen LogP contribution < -0.4 is 10.6 Å². The van der Waals surface area contributed by atoms with E-state index in [1.54, 1.807) is 18.2 Å². The number of pyridine rings is 1. The molecule has 9 nitrogen and oxygen atoms in total. The van der Waals surface area contributed by atoms with Crippen LogP contribution in [0.2, 0.25) is 0 Å². The number of amides is 1. The molecule has 198 valence electrons. The van der Waals surface area contributed by atoms with Crippen molar-refractivity contribution in [3.05, 3.63) is 77.1 Å². The Morgan fingerprint density at radius 3 is 2.42 bits per heavy atom. The lowest BCUT2D eigenvalue weighted by Gasteiger charge is -2.29. The van der Waals surface area contributed by atoms with Crippen molar-refractivity contribution < 1.29 is 19.1 Å². The van der Waals surface area contributed by atoms with Crippen LogP contribution in [-0.2, 0) is 4.79 Å². The molecule has 1 aliphatic heterocycles. The molecular weight excluding hydrogens is 487 g/mol. The molecule has 5 rings (SSSR count). The van der Waals surface area contributed by atoms with Crippen LogP contribution in [0.3, 0.4) is 0 Å². The molecule has 0 spiro atoms. The molecule has 1 saturated heterocycles. The Kier molecular flexibility index (Phi) is 8.32. The van der Waals surface area contributed by atoms with Gasteiger partial charge in [-0.3, -0.25) is 14.7 Å². The molecule has 10 heteroatoms. The van der Waals surface area contributed by atoms with Gasteiger partial charge in [-0.05, 0) is 87.3 Å². The van der Waals surface area contributed by atoms with Crippen molar-refractivity contribution in [2.45, 2.75) is 32.6 Å². The van der Waals surface area contributed by atoms with Gasteiger partial charge in [-0.15, -0.1) is 0 Å². The number of H-pyrrole nitrogens is 1. The summed E-state index contributed by atoms with van der Waals surface area (Å²) in [6.45, 7) is 5.11. The third-order valence-electron chi connectivity index (χ3n) is 6.49. The number of carboxylic acids is 1. The Bertz CT molecular complexity index is 1400. The molecule has 2 aromatic heterocycles. The Morgan fingerprint density at radius 1 is 1.08 bits per heavy atom. The van der Waals surface area contributed by atoms with Gasteiger partial charge < -0.3 is 20.6 Å². The number of likely N-dealkylation sites (tertiary alicyclic amines) is 1. The maximum atomic E-state index is 14.1. The summed E-state index contributed by atoms with van der Waals surface area (Å²) in [6, 6.07) is 16.3. The lowest BCUT2D eigenvalue weighted by atomic mass is 9.89. The lowest BCUT2D eigenvalue weighted by molar-refractivity contribution is -0.134. The second-order valence-corrected chi connectivity index (χ2v) is 9.39. The molecule has 4 aromatic rings. The molecule has 38 heavy (non-hydrogen) atoms. The molecule has 4 N–H and O–H groups in total. The van der Waals surface area contributed by atoms with Crippen LogP contribution in [0.15, 0.2) is 54.6 Å². The van der Waals surface area contributed by atoms with E-state index in [4.69, 9.17) is 9.90 Å². The van der Waals surface area contributed by atoms with Crippen LogP contribution in [-0.4, -0.2) is 57.2 Å². The molecule has 0 radical (unpaired) electrons. The first-order valence-corrected chi connectivity index (χ1v) is 12.4. The summed E-state index contributed by atoms with van der Waals surface area (Å²) in [5, 5.41) is 21.0. The van der Waals surface area contributed by atoms with Gasteiger partial charge in [0.2, 0.25) is 0 Å². The monoisotopic (exact) mass is 518 g/mol. The molecule has 3 heterocycles. The van der Waals surface area contributed by atoms with Crippen molar-refractivity contribution in [2.24, 2.45) is 0 Å². The zero-order chi connectivity index (χ0) is 27.2. The zero-order valence-electron chi connectivity index (χ0n) is 21.6. The topological polar surface area (TPSA) is 123 Å². The van der Waals surface area contributed by atoms with Gasteiger partial charge in [0, 0.05) is 12.5 Å². The standard InChI is InChI=1S/C26H27FN6O.C2H4O2/c1-16-4-3-5-21(27)23(16)28-22-11-10-20-24(29-22)31-32-25(20)30-26(34)19-8-6-17(7-9-19)18-12-14-33(2)15-13-18;1-2(3)4/h3-11,18H,12-15H2,1-2H3,(H3,28,29,30,31,32,34);1H3,(H,3,4). The Balaban J connectivity index is 0.000000786. The summed E-state index contributed by atoms with van der Waals surface area (Å²) in [4.78, 5) is 28.6. The number of halogens is 1. The van der Waals surface area contributed by atoms with Crippen molar-refractivity contribution in [1.29, 1.82) is 0 Å². The number of fused-ring (bicyclic) bond motifs is 1. The molecule has 1 fully saturated rings. The fourth-order valence-electron chi connectivity index (χ4n) is 4.42. The van der Waals surface area contributed by atoms with Gasteiger partial charge >= 0.3 is 0 Å². The van der Waals surface area contributed by atoms with Crippen molar-refractivity contribution in [3.8, 4) is 0 Å². The quantitative estimate of drug-likeness (QED) is 0.283. The number of carboxylic acid groups (broad SMARTS) is 1. The maximum absolute atomic E-state index is 14.1. The molecule has 0 saturated carbocycles. The first-order chi connectivity index (χ1) is 18.2. The molecule has 1 aliphatic rings. The van der Waals surface area contributed by atoms with Gasteiger partial charge in [-0.25, -0.2) is 9.37 Å². The maximum Gasteiger partial charge on any atom is 0.300 e. The lowest BCUT2D eigenvalue weighted by Crippen LogP contribution is -2.29. The van der Waals surface area contributed by atoms with E-state index >= 15 is 0 Å². The average Bonchev–Trinajstić information content (AvgIpc) is 3.28. The number of hydrogen-bond acceptors (Lipinski definition) is 6. The van der Waals surface area contributed by atoms with E-state index in [1.165, 1.54) is 11.6 Å². The third kappa shape index (κ3) is 6.51. The summed E-state index contributed by atoms with van der Waals surface area (Å²) in [5.74, 6) is 0.0201. The van der Waals surface area contributed by atoms with Crippen LogP contribution >= 0.6 is 0 Å². The van der Waals surface area contributed by atoms with E-state index in [1.807, 2.05) is 25.1 Å². The van der Waals surface area contributed by atoms with Gasteiger partial charge in [-0.1, -0.05) is 24.3 Å². The molecule has 0 unspecified atom stereocenters. The van der Waals surface area contributed by atoms with Crippen molar-refractivity contribution >= 4 is 40.2 Å². The number of carbonyl (C=O) groups excluding carboxylic acids is 1. The number of rotatable bonds is 5. The van der Waals surface area contributed by atoms with Gasteiger partial charge in [0.25, 0.3) is 11.9 Å². The number of aliphatic carboxylic acids is 1. The van der Waals surface area contributed by atoms with Crippen LogP contribution in [0.1, 0.15) is 47.2 Å². The molecular formula is C28H31FN6O3. The fourth-order valence-corrected chi connectivity index (χ4v) is 4.42. The summed E-state index contributed by atoms with van der Waals surface area (Å²) in [6.07, 6.45) is 2.28. The highest BCUT2D eigenvalue weighted by atomic mass is 19.1. The summed E-state index contributed by atoms with van der Waals surface area (Å²) in [5.41, 5.74) is 3.51. The smallest absolute Gasteiger partial charge is 0.300 e. The highest BCUT2D eigenvalue weighted by Crippen LogP contribution is 2.28. The Labute approximate surface area is 220 Å². The minimum atomic E-state index is -0.833. The van der Waals surface area contributed by atoms with Crippen LogP contribution in [0.5, 0.6) is 0 Å². The molecule has 0 atom stereocenters. The van der Waals surface area contributed by atoms with Crippen molar-refractivity contribution in [1.82, 2.24) is 20.1 Å². The molecule has 1 amide bonds. The molecule has 0 bridgehead atoms. The predicted octanol–water partition coefficient (Wildman–Crippen LogP) is 5.30. The Morgan fingerprint density at radius 2 is 1.76 bits per heavy atom. The van der Waals surface area contributed by atoms with Crippen molar-refractivity contribution in [2.75, 3.05) is 30.8 Å². The van der Waals surface area contributed by atoms with E-state index in [2.05, 4.69) is 49.9 Å². The second-order valence-electron chi connectivity index (χ2n) is 9.39. The first-order valence-electron chi connectivity index (χ1n) is 12.4. The van der Waals surface area contributed by atoms with Gasteiger partial charge in [-0.2, -0.15) is 5.10 Å². The second kappa shape index (κ2) is 11.8. The number of piperidine rings is 1. The normalized spacial score (nSPS) is 14.0. The number of carbonyl (C=O) groups is 2. The summed E-state index contributed by atoms with van der Waals surface area (Å²) in [7, 11) is 2.15. The number of aromatic amines is 1. The number of nitrogens with one attached hydrogen (secondary N) is 3. The number of anilines is 3. The van der Waals surface area contributed by atoms with E-state index in [0.29, 0.717) is 39.8 Å². The van der Waals surface area contributed by atoms with Crippen molar-refractivity contribution in [3.63, 3.8) is 0 Å². The highest BCUT2D eigenvalue weighted by Gasteiger charge is 2.19. The minimum Gasteiger partial charge on any atom is -0.481 e. The third-order valence-corrected chi connectivity index (χ3v) is 6.49. The van der Waals surface area contributed by atoms with Crippen LogP contribution in [0.4, 0.5) is 21.7 Å². The summed E-state index contributed by atoms with van der Waals surface area (Å²) >= 11 is 0.